The first kappa shape index (κ1) is 11.5. The van der Waals surface area contributed by atoms with E-state index in [1.165, 1.54) is 0 Å². The molecule has 2 heterocycles. The molecule has 90 valence electrons. The van der Waals surface area contributed by atoms with E-state index in [9.17, 15) is 0 Å². The zero-order valence-corrected chi connectivity index (χ0v) is 9.85. The summed E-state index contributed by atoms with van der Waals surface area (Å²) in [6, 6.07) is 0. The summed E-state index contributed by atoms with van der Waals surface area (Å²) in [7, 11) is 0. The predicted octanol–water partition coefficient (Wildman–Crippen LogP) is 0.814. The van der Waals surface area contributed by atoms with Crippen LogP contribution in [0.2, 0.25) is 0 Å². The molecule has 0 aliphatic carbocycles. The normalized spacial score (nSPS) is 20.4. The molecule has 0 spiro atoms. The molecule has 5 heteroatoms. The van der Waals surface area contributed by atoms with E-state index in [2.05, 4.69) is 22.3 Å². The van der Waals surface area contributed by atoms with Crippen molar-refractivity contribution in [2.24, 2.45) is 5.92 Å². The van der Waals surface area contributed by atoms with Gasteiger partial charge < -0.3 is 10.1 Å². The molecular weight excluding hydrogens is 204 g/mol. The van der Waals surface area contributed by atoms with Crippen molar-refractivity contribution in [2.45, 2.75) is 32.9 Å². The molecule has 1 unspecified atom stereocenters. The highest BCUT2D eigenvalue weighted by atomic mass is 16.5. The van der Waals surface area contributed by atoms with Crippen LogP contribution in [0.5, 0.6) is 0 Å². The zero-order chi connectivity index (χ0) is 11.2. The van der Waals surface area contributed by atoms with Crippen molar-refractivity contribution < 1.29 is 4.74 Å². The lowest BCUT2D eigenvalue weighted by atomic mass is 10.1. The van der Waals surface area contributed by atoms with Gasteiger partial charge in [-0.05, 0) is 19.4 Å². The Kier molecular flexibility index (Phi) is 4.30. The predicted molar refractivity (Wildman–Crippen MR) is 60.9 cm³/mol. The van der Waals surface area contributed by atoms with Crippen molar-refractivity contribution in [1.29, 1.82) is 0 Å². The number of aromatic nitrogens is 3. The summed E-state index contributed by atoms with van der Waals surface area (Å²) in [4.78, 5) is 4.28. The minimum Gasteiger partial charge on any atom is -0.381 e. The van der Waals surface area contributed by atoms with Gasteiger partial charge in [0.1, 0.15) is 12.2 Å². The van der Waals surface area contributed by atoms with Crippen molar-refractivity contribution in [1.82, 2.24) is 20.1 Å². The molecule has 16 heavy (non-hydrogen) atoms. The quantitative estimate of drug-likeness (QED) is 0.727. The first-order valence-electron chi connectivity index (χ1n) is 6.05. The molecule has 5 nitrogen and oxygen atoms in total. The van der Waals surface area contributed by atoms with Crippen molar-refractivity contribution in [3.63, 3.8) is 0 Å². The maximum Gasteiger partial charge on any atom is 0.140 e. The molecule has 0 aromatic carbocycles. The van der Waals surface area contributed by atoms with Crippen LogP contribution in [0, 0.1) is 5.92 Å². The fourth-order valence-corrected chi connectivity index (χ4v) is 1.93. The summed E-state index contributed by atoms with van der Waals surface area (Å²) in [5.41, 5.74) is 0. The first-order valence-corrected chi connectivity index (χ1v) is 6.05. The van der Waals surface area contributed by atoms with Crippen LogP contribution < -0.4 is 5.32 Å². The Balaban J connectivity index is 1.85. The molecule has 0 saturated carbocycles. The number of nitrogens with zero attached hydrogens (tertiary/aromatic N) is 3. The van der Waals surface area contributed by atoms with Gasteiger partial charge in [-0.15, -0.1) is 0 Å². The average molecular weight is 224 g/mol. The van der Waals surface area contributed by atoms with Gasteiger partial charge in [-0.25, -0.2) is 9.67 Å². The maximum absolute atomic E-state index is 5.37. The molecule has 0 amide bonds. The number of hydrogen-bond donors (Lipinski definition) is 1. The van der Waals surface area contributed by atoms with Gasteiger partial charge in [-0.2, -0.15) is 5.10 Å². The van der Waals surface area contributed by atoms with E-state index in [4.69, 9.17) is 4.74 Å². The van der Waals surface area contributed by atoms with Crippen molar-refractivity contribution >= 4 is 0 Å². The minimum absolute atomic E-state index is 0.603. The summed E-state index contributed by atoms with van der Waals surface area (Å²) in [6.45, 7) is 6.68. The summed E-state index contributed by atoms with van der Waals surface area (Å²) in [5.74, 6) is 1.63. The van der Waals surface area contributed by atoms with E-state index in [-0.39, 0.29) is 0 Å². The lowest BCUT2D eigenvalue weighted by Crippen LogP contribution is -2.20. The second-order valence-corrected chi connectivity index (χ2v) is 4.26. The third-order valence-corrected chi connectivity index (χ3v) is 2.86. The molecule has 1 aromatic rings. The van der Waals surface area contributed by atoms with Crippen LogP contribution in [0.25, 0.3) is 0 Å². The summed E-state index contributed by atoms with van der Waals surface area (Å²) >= 11 is 0. The molecular formula is C11H20N4O. The van der Waals surface area contributed by atoms with Gasteiger partial charge in [0.25, 0.3) is 0 Å². The largest absolute Gasteiger partial charge is 0.381 e. The Morgan fingerprint density at radius 2 is 2.56 bits per heavy atom. The lowest BCUT2D eigenvalue weighted by Gasteiger charge is -2.10. The number of nitrogens with one attached hydrogen (secondary N) is 1. The fourth-order valence-electron chi connectivity index (χ4n) is 1.93. The molecule has 1 atom stereocenters. The fraction of sp³-hybridized carbons (Fsp3) is 0.818. The monoisotopic (exact) mass is 224 g/mol. The highest BCUT2D eigenvalue weighted by Crippen LogP contribution is 2.14. The molecule has 1 aliphatic rings. The zero-order valence-electron chi connectivity index (χ0n) is 9.85. The van der Waals surface area contributed by atoms with E-state index < -0.39 is 0 Å². The summed E-state index contributed by atoms with van der Waals surface area (Å²) in [6.07, 6.45) is 3.92. The average Bonchev–Trinajstić information content (AvgIpc) is 2.92. The molecule has 1 N–H and O–H groups in total. The van der Waals surface area contributed by atoms with E-state index >= 15 is 0 Å². The SMILES string of the molecule is CCCNCc1ncnn1CC1CCOC1. The Morgan fingerprint density at radius 1 is 1.62 bits per heavy atom. The van der Waals surface area contributed by atoms with E-state index in [0.29, 0.717) is 5.92 Å². The third-order valence-electron chi connectivity index (χ3n) is 2.86. The summed E-state index contributed by atoms with van der Waals surface area (Å²) in [5, 5.41) is 7.62. The van der Waals surface area contributed by atoms with Crippen molar-refractivity contribution in [3.8, 4) is 0 Å². The van der Waals surface area contributed by atoms with Gasteiger partial charge in [-0.3, -0.25) is 0 Å². The molecule has 2 rings (SSSR count). The topological polar surface area (TPSA) is 52.0 Å². The van der Waals surface area contributed by atoms with Gasteiger partial charge in [-0.1, -0.05) is 6.92 Å². The molecule has 0 radical (unpaired) electrons. The highest BCUT2D eigenvalue weighted by Gasteiger charge is 2.17. The Hall–Kier alpha value is -0.940. The third kappa shape index (κ3) is 3.02. The van der Waals surface area contributed by atoms with Gasteiger partial charge in [0.15, 0.2) is 0 Å². The summed E-state index contributed by atoms with van der Waals surface area (Å²) < 4.78 is 7.37. The number of hydrogen-bond acceptors (Lipinski definition) is 4. The number of rotatable bonds is 6. The Labute approximate surface area is 96.2 Å². The van der Waals surface area contributed by atoms with E-state index in [0.717, 1.165) is 51.5 Å². The molecule has 1 aliphatic heterocycles. The second kappa shape index (κ2) is 5.96. The van der Waals surface area contributed by atoms with Gasteiger partial charge >= 0.3 is 0 Å². The Morgan fingerprint density at radius 3 is 3.31 bits per heavy atom. The van der Waals surface area contributed by atoms with Crippen LogP contribution in [0.4, 0.5) is 0 Å². The smallest absolute Gasteiger partial charge is 0.140 e. The maximum atomic E-state index is 5.37. The van der Waals surface area contributed by atoms with Crippen LogP contribution in [-0.4, -0.2) is 34.5 Å². The van der Waals surface area contributed by atoms with Crippen LogP contribution in [0.3, 0.4) is 0 Å². The van der Waals surface area contributed by atoms with Crippen molar-refractivity contribution in [3.05, 3.63) is 12.2 Å². The molecule has 1 aromatic heterocycles. The standard InChI is InChI=1S/C11H20N4O/c1-2-4-12-6-11-13-9-14-15(11)7-10-3-5-16-8-10/h9-10,12H,2-8H2,1H3. The van der Waals surface area contributed by atoms with Crippen LogP contribution in [0.1, 0.15) is 25.6 Å². The molecule has 1 fully saturated rings. The Bertz CT molecular complexity index is 307. The molecule has 1 saturated heterocycles. The van der Waals surface area contributed by atoms with E-state index in [1.807, 2.05) is 4.68 Å². The van der Waals surface area contributed by atoms with Gasteiger partial charge in [0, 0.05) is 19.1 Å². The number of ether oxygens (including phenoxy) is 1. The van der Waals surface area contributed by atoms with Crippen LogP contribution >= 0.6 is 0 Å². The van der Waals surface area contributed by atoms with Crippen LogP contribution in [0.15, 0.2) is 6.33 Å². The minimum atomic E-state index is 0.603. The van der Waals surface area contributed by atoms with Gasteiger partial charge in [0.2, 0.25) is 0 Å². The lowest BCUT2D eigenvalue weighted by molar-refractivity contribution is 0.181. The second-order valence-electron chi connectivity index (χ2n) is 4.26. The molecule has 0 bridgehead atoms. The van der Waals surface area contributed by atoms with Gasteiger partial charge in [0.05, 0.1) is 13.2 Å². The van der Waals surface area contributed by atoms with Crippen LogP contribution in [-0.2, 0) is 17.8 Å². The van der Waals surface area contributed by atoms with Crippen molar-refractivity contribution in [2.75, 3.05) is 19.8 Å². The highest BCUT2D eigenvalue weighted by molar-refractivity contribution is 4.84. The van der Waals surface area contributed by atoms with E-state index in [1.54, 1.807) is 6.33 Å². The first-order chi connectivity index (χ1) is 7.90.